The van der Waals surface area contributed by atoms with Crippen LogP contribution in [0.3, 0.4) is 0 Å². The first kappa shape index (κ1) is 22.5. The topological polar surface area (TPSA) is 97.6 Å². The third-order valence-corrected chi connectivity index (χ3v) is 6.03. The predicted molar refractivity (Wildman–Crippen MR) is 136 cm³/mol. The lowest BCUT2D eigenvalue weighted by molar-refractivity contribution is -0.113. The molecule has 3 aromatic heterocycles. The van der Waals surface area contributed by atoms with Crippen LogP contribution in [-0.4, -0.2) is 30.6 Å². The van der Waals surface area contributed by atoms with Crippen LogP contribution in [0.4, 0.5) is 11.6 Å². The fraction of sp³-hybridized carbons (Fsp3) is 0.222. The second-order valence-corrected chi connectivity index (χ2v) is 9.58. The smallest absolute Gasteiger partial charge is 0.255 e. The number of aromatic nitrogens is 5. The zero-order valence-electron chi connectivity index (χ0n) is 20.1. The van der Waals surface area contributed by atoms with Crippen molar-refractivity contribution in [2.45, 2.75) is 39.2 Å². The standard InChI is InChI=1S/C27H27N7O/c1-17-22(25(35)31-21-8-6-14-29-16-21)23(19-7-5-13-28-15-19)34-26(30-17)32-24(33-34)18-9-11-20(12-10-18)27(2,3)4/h5-16,23H,1-4H3,(H,31,35)(H,30,32,33). The van der Waals surface area contributed by atoms with Crippen LogP contribution in [0.1, 0.15) is 44.9 Å². The van der Waals surface area contributed by atoms with Crippen LogP contribution in [-0.2, 0) is 10.2 Å². The maximum atomic E-state index is 13.5. The molecule has 0 aliphatic carbocycles. The first-order chi connectivity index (χ1) is 16.8. The van der Waals surface area contributed by atoms with Crippen molar-refractivity contribution in [2.24, 2.45) is 0 Å². The molecule has 0 saturated heterocycles. The molecular weight excluding hydrogens is 438 g/mol. The molecule has 0 spiro atoms. The second-order valence-electron chi connectivity index (χ2n) is 9.58. The van der Waals surface area contributed by atoms with Crippen molar-refractivity contribution in [1.29, 1.82) is 0 Å². The number of benzene rings is 1. The molecule has 8 nitrogen and oxygen atoms in total. The van der Waals surface area contributed by atoms with E-state index in [0.29, 0.717) is 28.7 Å². The highest BCUT2D eigenvalue weighted by molar-refractivity contribution is 6.05. The fourth-order valence-corrected chi connectivity index (χ4v) is 4.17. The minimum atomic E-state index is -0.494. The molecule has 5 rings (SSSR count). The molecule has 2 N–H and O–H groups in total. The van der Waals surface area contributed by atoms with Gasteiger partial charge in [0.2, 0.25) is 5.95 Å². The van der Waals surface area contributed by atoms with Gasteiger partial charge in [-0.15, -0.1) is 5.10 Å². The number of amides is 1. The van der Waals surface area contributed by atoms with Crippen LogP contribution in [0.25, 0.3) is 11.4 Å². The molecule has 0 bridgehead atoms. The number of nitrogens with one attached hydrogen (secondary N) is 2. The zero-order valence-corrected chi connectivity index (χ0v) is 20.1. The van der Waals surface area contributed by atoms with Crippen molar-refractivity contribution < 1.29 is 4.79 Å². The van der Waals surface area contributed by atoms with Gasteiger partial charge < -0.3 is 10.6 Å². The number of rotatable bonds is 4. The number of allylic oxidation sites excluding steroid dienone is 1. The summed E-state index contributed by atoms with van der Waals surface area (Å²) >= 11 is 0. The van der Waals surface area contributed by atoms with Crippen molar-refractivity contribution in [3.05, 3.63) is 95.7 Å². The number of hydrogen-bond donors (Lipinski definition) is 2. The second kappa shape index (κ2) is 8.79. The van der Waals surface area contributed by atoms with Gasteiger partial charge in [-0.1, -0.05) is 51.1 Å². The van der Waals surface area contributed by atoms with Crippen molar-refractivity contribution in [1.82, 2.24) is 24.7 Å². The summed E-state index contributed by atoms with van der Waals surface area (Å²) in [7, 11) is 0. The molecule has 1 aromatic carbocycles. The summed E-state index contributed by atoms with van der Waals surface area (Å²) in [6.45, 7) is 8.43. The van der Waals surface area contributed by atoms with E-state index in [0.717, 1.165) is 11.1 Å². The minimum Gasteiger partial charge on any atom is -0.328 e. The highest BCUT2D eigenvalue weighted by atomic mass is 16.1. The Kier molecular flexibility index (Phi) is 5.64. The summed E-state index contributed by atoms with van der Waals surface area (Å²) in [6.07, 6.45) is 6.74. The van der Waals surface area contributed by atoms with Crippen molar-refractivity contribution in [2.75, 3.05) is 10.6 Å². The van der Waals surface area contributed by atoms with Gasteiger partial charge in [0, 0.05) is 29.9 Å². The zero-order chi connectivity index (χ0) is 24.6. The minimum absolute atomic E-state index is 0.0594. The quantitative estimate of drug-likeness (QED) is 0.442. The van der Waals surface area contributed by atoms with Crippen LogP contribution in [0.5, 0.6) is 0 Å². The van der Waals surface area contributed by atoms with E-state index in [-0.39, 0.29) is 11.3 Å². The van der Waals surface area contributed by atoms with E-state index < -0.39 is 6.04 Å². The first-order valence-corrected chi connectivity index (χ1v) is 11.5. The Labute approximate surface area is 204 Å². The molecule has 1 aliphatic rings. The number of hydrogen-bond acceptors (Lipinski definition) is 6. The number of fused-ring (bicyclic) bond motifs is 1. The van der Waals surface area contributed by atoms with Crippen molar-refractivity contribution in [3.8, 4) is 11.4 Å². The normalized spacial score (nSPS) is 15.4. The number of pyridine rings is 2. The largest absolute Gasteiger partial charge is 0.328 e. The maximum absolute atomic E-state index is 13.5. The molecular formula is C27H27N7O. The first-order valence-electron chi connectivity index (χ1n) is 11.5. The molecule has 8 heteroatoms. The van der Waals surface area contributed by atoms with E-state index in [1.54, 1.807) is 41.6 Å². The average Bonchev–Trinajstić information content (AvgIpc) is 3.27. The van der Waals surface area contributed by atoms with Crippen LogP contribution in [0.15, 0.2) is 84.6 Å². The van der Waals surface area contributed by atoms with Gasteiger partial charge in [-0.05, 0) is 41.7 Å². The third kappa shape index (κ3) is 4.42. The van der Waals surface area contributed by atoms with E-state index in [4.69, 9.17) is 10.1 Å². The van der Waals surface area contributed by atoms with Crippen LogP contribution >= 0.6 is 0 Å². The summed E-state index contributed by atoms with van der Waals surface area (Å²) in [5.74, 6) is 0.918. The van der Waals surface area contributed by atoms with E-state index >= 15 is 0 Å². The summed E-state index contributed by atoms with van der Waals surface area (Å²) in [6, 6.07) is 15.2. The monoisotopic (exact) mass is 465 g/mol. The Morgan fingerprint density at radius 1 is 1.00 bits per heavy atom. The molecule has 0 radical (unpaired) electrons. The van der Waals surface area contributed by atoms with Crippen LogP contribution in [0, 0.1) is 0 Å². The molecule has 0 fully saturated rings. The summed E-state index contributed by atoms with van der Waals surface area (Å²) in [5.41, 5.74) is 4.90. The Morgan fingerprint density at radius 3 is 2.34 bits per heavy atom. The number of nitrogens with zero attached hydrogens (tertiary/aromatic N) is 5. The molecule has 35 heavy (non-hydrogen) atoms. The third-order valence-electron chi connectivity index (χ3n) is 6.03. The van der Waals surface area contributed by atoms with Gasteiger partial charge in [0.1, 0.15) is 6.04 Å². The van der Waals surface area contributed by atoms with E-state index in [2.05, 4.69) is 53.5 Å². The van der Waals surface area contributed by atoms with Gasteiger partial charge in [-0.3, -0.25) is 14.8 Å². The number of anilines is 2. The van der Waals surface area contributed by atoms with E-state index in [9.17, 15) is 4.79 Å². The van der Waals surface area contributed by atoms with Gasteiger partial charge in [0.05, 0.1) is 17.5 Å². The maximum Gasteiger partial charge on any atom is 0.255 e. The van der Waals surface area contributed by atoms with Crippen molar-refractivity contribution >= 4 is 17.5 Å². The number of carbonyl (C=O) groups is 1. The van der Waals surface area contributed by atoms with Crippen LogP contribution < -0.4 is 10.6 Å². The van der Waals surface area contributed by atoms with Gasteiger partial charge in [0.15, 0.2) is 5.82 Å². The lowest BCUT2D eigenvalue weighted by atomic mass is 9.87. The number of carbonyl (C=O) groups excluding carboxylic acids is 1. The summed E-state index contributed by atoms with van der Waals surface area (Å²) in [5, 5.41) is 11.1. The summed E-state index contributed by atoms with van der Waals surface area (Å²) < 4.78 is 1.76. The Morgan fingerprint density at radius 2 is 1.71 bits per heavy atom. The molecule has 1 unspecified atom stereocenters. The molecule has 4 aromatic rings. The predicted octanol–water partition coefficient (Wildman–Crippen LogP) is 4.96. The van der Waals surface area contributed by atoms with E-state index in [1.165, 1.54) is 5.56 Å². The lowest BCUT2D eigenvalue weighted by Crippen LogP contribution is -2.31. The Balaban J connectivity index is 1.55. The highest BCUT2D eigenvalue weighted by Gasteiger charge is 2.34. The lowest BCUT2D eigenvalue weighted by Gasteiger charge is -2.28. The van der Waals surface area contributed by atoms with E-state index in [1.807, 2.05) is 31.2 Å². The molecule has 1 atom stereocenters. The molecule has 176 valence electrons. The Bertz CT molecular complexity index is 1390. The SMILES string of the molecule is CC1=C(C(=O)Nc2cccnc2)C(c2cccnc2)n2nc(-c3ccc(C(C)(C)C)cc3)nc2N1. The van der Waals surface area contributed by atoms with Crippen LogP contribution in [0.2, 0.25) is 0 Å². The molecule has 0 saturated carbocycles. The van der Waals surface area contributed by atoms with Gasteiger partial charge in [-0.2, -0.15) is 4.98 Å². The van der Waals surface area contributed by atoms with Crippen molar-refractivity contribution in [3.63, 3.8) is 0 Å². The molecule has 1 amide bonds. The molecule has 1 aliphatic heterocycles. The molecule has 4 heterocycles. The van der Waals surface area contributed by atoms with Gasteiger partial charge in [0.25, 0.3) is 5.91 Å². The average molecular weight is 466 g/mol. The van der Waals surface area contributed by atoms with Gasteiger partial charge >= 0.3 is 0 Å². The summed E-state index contributed by atoms with van der Waals surface area (Å²) in [4.78, 5) is 26.6. The fourth-order valence-electron chi connectivity index (χ4n) is 4.17. The Hall–Kier alpha value is -4.33. The highest BCUT2D eigenvalue weighted by Crippen LogP contribution is 2.36. The van der Waals surface area contributed by atoms with Gasteiger partial charge in [-0.25, -0.2) is 4.68 Å².